The van der Waals surface area contributed by atoms with Crippen molar-refractivity contribution in [1.82, 2.24) is 24.3 Å². The van der Waals surface area contributed by atoms with E-state index in [1.807, 2.05) is 25.1 Å². The van der Waals surface area contributed by atoms with Gasteiger partial charge in [0.1, 0.15) is 17.3 Å². The first-order valence-electron chi connectivity index (χ1n) is 11.0. The molecule has 1 aliphatic rings. The highest BCUT2D eigenvalue weighted by atomic mass is 19.1. The largest absolute Gasteiger partial charge is 0.319 e. The van der Waals surface area contributed by atoms with E-state index in [2.05, 4.69) is 35.8 Å². The molecule has 4 aromatic rings. The quantitative estimate of drug-likeness (QED) is 0.501. The minimum absolute atomic E-state index is 0.139. The lowest BCUT2D eigenvalue weighted by atomic mass is 10.1. The molecule has 3 aromatic heterocycles. The van der Waals surface area contributed by atoms with Crippen LogP contribution in [0.4, 0.5) is 10.1 Å². The maximum atomic E-state index is 13.9. The van der Waals surface area contributed by atoms with Gasteiger partial charge in [-0.1, -0.05) is 18.2 Å². The van der Waals surface area contributed by atoms with E-state index in [-0.39, 0.29) is 11.6 Å². The lowest BCUT2D eigenvalue weighted by Crippen LogP contribution is -2.22. The first-order valence-corrected chi connectivity index (χ1v) is 11.0. The first-order chi connectivity index (χ1) is 16.0. The molecule has 1 N–H and O–H groups in total. The summed E-state index contributed by atoms with van der Waals surface area (Å²) >= 11 is 0. The van der Waals surface area contributed by atoms with E-state index in [1.165, 1.54) is 17.8 Å². The third-order valence-electron chi connectivity index (χ3n) is 6.20. The molecule has 0 radical (unpaired) electrons. The number of nitrogens with zero attached hydrogens (tertiary/aromatic N) is 5. The Hall–Kier alpha value is -3.65. The van der Waals surface area contributed by atoms with Gasteiger partial charge in [-0.15, -0.1) is 0 Å². The number of halogens is 1. The van der Waals surface area contributed by atoms with Crippen LogP contribution in [0.25, 0.3) is 5.65 Å². The minimum Gasteiger partial charge on any atom is -0.319 e. The average Bonchev–Trinajstić information content (AvgIpc) is 3.40. The number of carbonyl (C=O) groups is 1. The van der Waals surface area contributed by atoms with Crippen molar-refractivity contribution in [1.29, 1.82) is 0 Å². The molecule has 7 nitrogen and oxygen atoms in total. The second-order valence-electron chi connectivity index (χ2n) is 8.45. The maximum absolute atomic E-state index is 13.9. The summed E-state index contributed by atoms with van der Waals surface area (Å²) in [7, 11) is 0. The first kappa shape index (κ1) is 21.2. The summed E-state index contributed by atoms with van der Waals surface area (Å²) in [4.78, 5) is 28.8. The lowest BCUT2D eigenvalue weighted by molar-refractivity contribution is 0.102. The fourth-order valence-corrected chi connectivity index (χ4v) is 4.41. The Labute approximate surface area is 191 Å². The summed E-state index contributed by atoms with van der Waals surface area (Å²) in [6.45, 7) is 6.45. The molecule has 0 saturated carbocycles. The summed E-state index contributed by atoms with van der Waals surface area (Å²) in [5, 5.41) is 2.60. The van der Waals surface area contributed by atoms with Gasteiger partial charge in [0, 0.05) is 31.4 Å². The second kappa shape index (κ2) is 8.71. The van der Waals surface area contributed by atoms with Crippen LogP contribution in [0.1, 0.15) is 45.6 Å². The van der Waals surface area contributed by atoms with E-state index < -0.39 is 11.7 Å². The Balaban J connectivity index is 1.28. The van der Waals surface area contributed by atoms with Gasteiger partial charge in [0.05, 0.1) is 28.3 Å². The van der Waals surface area contributed by atoms with E-state index in [1.54, 1.807) is 25.3 Å². The molecule has 0 aliphatic carbocycles. The normalized spacial score (nSPS) is 16.4. The second-order valence-corrected chi connectivity index (χ2v) is 8.45. The van der Waals surface area contributed by atoms with Crippen molar-refractivity contribution >= 4 is 17.2 Å². The zero-order valence-corrected chi connectivity index (χ0v) is 18.6. The average molecular weight is 445 g/mol. The topological polar surface area (TPSA) is 75.4 Å². The highest BCUT2D eigenvalue weighted by Gasteiger charge is 2.28. The number of aryl methyl sites for hydroxylation is 2. The van der Waals surface area contributed by atoms with Crippen LogP contribution in [0.3, 0.4) is 0 Å². The number of pyridine rings is 1. The molecule has 1 amide bonds. The molecule has 8 heteroatoms. The molecule has 1 aromatic carbocycles. The van der Waals surface area contributed by atoms with Crippen molar-refractivity contribution in [2.24, 2.45) is 0 Å². The lowest BCUT2D eigenvalue weighted by Gasteiger charge is -2.16. The van der Waals surface area contributed by atoms with Crippen molar-refractivity contribution in [3.63, 3.8) is 0 Å². The Kier molecular flexibility index (Phi) is 5.60. The molecular weight excluding hydrogens is 419 g/mol. The summed E-state index contributed by atoms with van der Waals surface area (Å²) in [5.74, 6) is 0.0488. The number of anilines is 1. The molecule has 1 fully saturated rings. The number of benzene rings is 1. The molecule has 168 valence electrons. The van der Waals surface area contributed by atoms with Gasteiger partial charge in [-0.2, -0.15) is 0 Å². The maximum Gasteiger partial charge on any atom is 0.259 e. The van der Waals surface area contributed by atoms with Crippen LogP contribution in [-0.2, 0) is 6.54 Å². The Morgan fingerprint density at radius 3 is 2.76 bits per heavy atom. The van der Waals surface area contributed by atoms with Gasteiger partial charge in [0.25, 0.3) is 5.91 Å². The molecule has 0 spiro atoms. The number of carbonyl (C=O) groups excluding carboxylic acids is 1. The number of fused-ring (bicyclic) bond motifs is 1. The van der Waals surface area contributed by atoms with Crippen molar-refractivity contribution in [3.8, 4) is 0 Å². The number of likely N-dealkylation sites (tertiary alicyclic amines) is 1. The summed E-state index contributed by atoms with van der Waals surface area (Å²) in [6.07, 6.45) is 4.55. The number of hydrogen-bond acceptors (Lipinski definition) is 5. The van der Waals surface area contributed by atoms with E-state index >= 15 is 0 Å². The summed E-state index contributed by atoms with van der Waals surface area (Å²) < 4.78 is 16.0. The smallest absolute Gasteiger partial charge is 0.259 e. The minimum atomic E-state index is -0.478. The van der Waals surface area contributed by atoms with Gasteiger partial charge in [-0.3, -0.25) is 9.69 Å². The van der Waals surface area contributed by atoms with Crippen LogP contribution in [0.2, 0.25) is 0 Å². The number of amides is 1. The molecule has 1 saturated heterocycles. The van der Waals surface area contributed by atoms with Gasteiger partial charge in [0.2, 0.25) is 0 Å². The van der Waals surface area contributed by atoms with Crippen molar-refractivity contribution in [3.05, 3.63) is 89.1 Å². The number of hydrogen-bond donors (Lipinski definition) is 1. The third kappa shape index (κ3) is 4.21. The fourth-order valence-electron chi connectivity index (χ4n) is 4.41. The number of aromatic nitrogens is 4. The van der Waals surface area contributed by atoms with Crippen LogP contribution in [0, 0.1) is 19.7 Å². The van der Waals surface area contributed by atoms with Crippen molar-refractivity contribution < 1.29 is 9.18 Å². The monoisotopic (exact) mass is 444 g/mol. The molecule has 5 rings (SSSR count). The zero-order chi connectivity index (χ0) is 22.9. The number of nitrogens with one attached hydrogen (secondary N) is 1. The van der Waals surface area contributed by atoms with Crippen LogP contribution in [0.15, 0.2) is 54.9 Å². The zero-order valence-electron chi connectivity index (χ0n) is 18.6. The van der Waals surface area contributed by atoms with Crippen LogP contribution in [0.5, 0.6) is 0 Å². The molecule has 0 bridgehead atoms. The van der Waals surface area contributed by atoms with E-state index in [0.717, 1.165) is 43.2 Å². The van der Waals surface area contributed by atoms with Gasteiger partial charge >= 0.3 is 0 Å². The standard InChI is InChI=1S/C25H25FN6O/c1-16-19(25(33)30-21-8-4-3-7-20(21)26)13-27-24(29-16)18-10-12-31(14-18)15-22-17(2)28-23-9-5-6-11-32(22)23/h3-9,11,13,18H,10,12,14-15H2,1-2H3,(H,30,33)/t18-/m1/s1. The van der Waals surface area contributed by atoms with Crippen LogP contribution >= 0.6 is 0 Å². The predicted octanol–water partition coefficient (Wildman–Crippen LogP) is 4.12. The molecule has 1 aliphatic heterocycles. The van der Waals surface area contributed by atoms with Crippen molar-refractivity contribution in [2.45, 2.75) is 32.7 Å². The van der Waals surface area contributed by atoms with Crippen molar-refractivity contribution in [2.75, 3.05) is 18.4 Å². The van der Waals surface area contributed by atoms with Gasteiger partial charge < -0.3 is 9.72 Å². The SMILES string of the molecule is Cc1nc([C@@H]2CCN(Cc3c(C)nc4ccccn34)C2)ncc1C(=O)Nc1ccccc1F. The number of imidazole rings is 1. The third-order valence-corrected chi connectivity index (χ3v) is 6.20. The van der Waals surface area contributed by atoms with E-state index in [0.29, 0.717) is 11.3 Å². The summed E-state index contributed by atoms with van der Waals surface area (Å²) in [5.41, 5.74) is 4.28. The number of rotatable bonds is 5. The highest BCUT2D eigenvalue weighted by Crippen LogP contribution is 2.27. The summed E-state index contributed by atoms with van der Waals surface area (Å²) in [6, 6.07) is 12.1. The molecule has 1 atom stereocenters. The van der Waals surface area contributed by atoms with Gasteiger partial charge in [0.15, 0.2) is 0 Å². The van der Waals surface area contributed by atoms with Gasteiger partial charge in [-0.05, 0) is 51.1 Å². The molecule has 4 heterocycles. The molecule has 0 unspecified atom stereocenters. The number of para-hydroxylation sites is 1. The van der Waals surface area contributed by atoms with E-state index in [9.17, 15) is 9.18 Å². The fraction of sp³-hybridized carbons (Fsp3) is 0.280. The van der Waals surface area contributed by atoms with Crippen LogP contribution in [-0.4, -0.2) is 43.2 Å². The predicted molar refractivity (Wildman–Crippen MR) is 124 cm³/mol. The molecule has 33 heavy (non-hydrogen) atoms. The molecular formula is C25H25FN6O. The van der Waals surface area contributed by atoms with Crippen LogP contribution < -0.4 is 5.32 Å². The van der Waals surface area contributed by atoms with E-state index in [4.69, 9.17) is 0 Å². The van der Waals surface area contributed by atoms with Gasteiger partial charge in [-0.25, -0.2) is 19.3 Å². The Bertz CT molecular complexity index is 1330. The Morgan fingerprint density at radius 1 is 1.12 bits per heavy atom. The highest BCUT2D eigenvalue weighted by molar-refractivity contribution is 6.04. The Morgan fingerprint density at radius 2 is 1.94 bits per heavy atom.